The number of likely N-dealkylation sites (tertiary alicyclic amines) is 2. The Hall–Kier alpha value is -1.26. The summed E-state index contributed by atoms with van der Waals surface area (Å²) in [5.74, 6) is -0.835. The SMILES string of the molecule is CCCC1(C(=O)O)CCCN1C(=O)N1CCCCCC1C. The highest BCUT2D eigenvalue weighted by Gasteiger charge is 2.50. The van der Waals surface area contributed by atoms with Crippen molar-refractivity contribution in [2.24, 2.45) is 0 Å². The Morgan fingerprint density at radius 1 is 1.19 bits per heavy atom. The molecule has 0 aliphatic carbocycles. The lowest BCUT2D eigenvalue weighted by Crippen LogP contribution is -2.58. The first-order valence-corrected chi connectivity index (χ1v) is 8.34. The Morgan fingerprint density at radius 2 is 1.95 bits per heavy atom. The van der Waals surface area contributed by atoms with Crippen molar-refractivity contribution in [2.45, 2.75) is 76.8 Å². The van der Waals surface area contributed by atoms with E-state index in [-0.39, 0.29) is 12.1 Å². The molecule has 0 aromatic rings. The summed E-state index contributed by atoms with van der Waals surface area (Å²) in [5, 5.41) is 9.72. The lowest BCUT2D eigenvalue weighted by molar-refractivity contribution is -0.149. The van der Waals surface area contributed by atoms with Gasteiger partial charge in [0.05, 0.1) is 0 Å². The van der Waals surface area contributed by atoms with E-state index in [2.05, 4.69) is 6.92 Å². The molecule has 2 saturated heterocycles. The zero-order valence-electron chi connectivity index (χ0n) is 13.3. The quantitative estimate of drug-likeness (QED) is 0.870. The van der Waals surface area contributed by atoms with Gasteiger partial charge in [-0.15, -0.1) is 0 Å². The highest BCUT2D eigenvalue weighted by Crippen LogP contribution is 2.35. The largest absolute Gasteiger partial charge is 0.479 e. The lowest BCUT2D eigenvalue weighted by atomic mass is 9.91. The van der Waals surface area contributed by atoms with Crippen LogP contribution in [-0.2, 0) is 4.79 Å². The molecule has 2 aliphatic rings. The highest BCUT2D eigenvalue weighted by atomic mass is 16.4. The van der Waals surface area contributed by atoms with E-state index in [9.17, 15) is 14.7 Å². The smallest absolute Gasteiger partial charge is 0.329 e. The minimum absolute atomic E-state index is 0.0576. The minimum Gasteiger partial charge on any atom is -0.479 e. The van der Waals surface area contributed by atoms with Crippen LogP contribution in [0.25, 0.3) is 0 Å². The van der Waals surface area contributed by atoms with Crippen molar-refractivity contribution < 1.29 is 14.7 Å². The zero-order valence-corrected chi connectivity index (χ0v) is 13.3. The van der Waals surface area contributed by atoms with E-state index in [4.69, 9.17) is 0 Å². The molecule has 0 aromatic carbocycles. The Bertz CT molecular complexity index is 399. The Morgan fingerprint density at radius 3 is 2.62 bits per heavy atom. The number of carbonyl (C=O) groups is 2. The van der Waals surface area contributed by atoms with Crippen LogP contribution in [0.5, 0.6) is 0 Å². The zero-order chi connectivity index (χ0) is 15.5. The Balaban J connectivity index is 2.21. The van der Waals surface area contributed by atoms with Crippen LogP contribution in [0, 0.1) is 0 Å². The van der Waals surface area contributed by atoms with Gasteiger partial charge in [0, 0.05) is 19.1 Å². The fraction of sp³-hybridized carbons (Fsp3) is 0.875. The molecule has 2 rings (SSSR count). The van der Waals surface area contributed by atoms with Crippen LogP contribution in [-0.4, -0.2) is 51.6 Å². The lowest BCUT2D eigenvalue weighted by Gasteiger charge is -2.39. The van der Waals surface area contributed by atoms with Crippen LogP contribution in [0.1, 0.15) is 65.2 Å². The fourth-order valence-corrected chi connectivity index (χ4v) is 3.87. The second-order valence-corrected chi connectivity index (χ2v) is 6.52. The first kappa shape index (κ1) is 16.1. The van der Waals surface area contributed by atoms with Gasteiger partial charge in [0.25, 0.3) is 0 Å². The minimum atomic E-state index is -0.974. The number of hydrogen-bond donors (Lipinski definition) is 1. The molecule has 0 aromatic heterocycles. The van der Waals surface area contributed by atoms with Gasteiger partial charge in [0.1, 0.15) is 5.54 Å². The highest BCUT2D eigenvalue weighted by molar-refractivity contribution is 5.87. The van der Waals surface area contributed by atoms with Crippen molar-refractivity contribution in [3.8, 4) is 0 Å². The third-order valence-corrected chi connectivity index (χ3v) is 5.08. The van der Waals surface area contributed by atoms with E-state index < -0.39 is 11.5 Å². The molecular weight excluding hydrogens is 268 g/mol. The number of carboxylic acid groups (broad SMARTS) is 1. The maximum atomic E-state index is 12.9. The first-order chi connectivity index (χ1) is 10.0. The maximum absolute atomic E-state index is 12.9. The molecule has 2 heterocycles. The molecule has 2 amide bonds. The molecule has 0 spiro atoms. The number of carboxylic acids is 1. The van der Waals surface area contributed by atoms with Crippen LogP contribution in [0.15, 0.2) is 0 Å². The molecule has 0 bridgehead atoms. The standard InChI is InChI=1S/C16H28N2O3/c1-3-9-16(14(19)20)10-7-12-18(16)15(21)17-11-6-4-5-8-13(17)2/h13H,3-12H2,1-2H3,(H,19,20). The van der Waals surface area contributed by atoms with E-state index in [1.165, 1.54) is 0 Å². The molecular formula is C16H28N2O3. The topological polar surface area (TPSA) is 60.9 Å². The summed E-state index contributed by atoms with van der Waals surface area (Å²) in [5.41, 5.74) is -0.974. The predicted molar refractivity (Wildman–Crippen MR) is 81.2 cm³/mol. The summed E-state index contributed by atoms with van der Waals surface area (Å²) >= 11 is 0. The van der Waals surface area contributed by atoms with E-state index in [1.54, 1.807) is 4.90 Å². The molecule has 0 saturated carbocycles. The van der Waals surface area contributed by atoms with Crippen molar-refractivity contribution in [2.75, 3.05) is 13.1 Å². The van der Waals surface area contributed by atoms with Gasteiger partial charge in [-0.25, -0.2) is 9.59 Å². The predicted octanol–water partition coefficient (Wildman–Crippen LogP) is 3.09. The van der Waals surface area contributed by atoms with Crippen LogP contribution in [0.2, 0.25) is 0 Å². The summed E-state index contributed by atoms with van der Waals surface area (Å²) in [4.78, 5) is 28.4. The summed E-state index contributed by atoms with van der Waals surface area (Å²) < 4.78 is 0. The van der Waals surface area contributed by atoms with Crippen LogP contribution < -0.4 is 0 Å². The van der Waals surface area contributed by atoms with Crippen LogP contribution in [0.3, 0.4) is 0 Å². The summed E-state index contributed by atoms with van der Waals surface area (Å²) in [6.07, 6.45) is 7.08. The van der Waals surface area contributed by atoms with Crippen molar-refractivity contribution in [1.29, 1.82) is 0 Å². The van der Waals surface area contributed by atoms with Crippen molar-refractivity contribution in [1.82, 2.24) is 9.80 Å². The second-order valence-electron chi connectivity index (χ2n) is 6.52. The number of urea groups is 1. The molecule has 0 radical (unpaired) electrons. The van der Waals surface area contributed by atoms with Gasteiger partial charge in [-0.1, -0.05) is 26.2 Å². The number of hydrogen-bond acceptors (Lipinski definition) is 2. The Kier molecular flexibility index (Phi) is 5.12. The number of aliphatic carboxylic acids is 1. The monoisotopic (exact) mass is 296 g/mol. The first-order valence-electron chi connectivity index (χ1n) is 8.34. The molecule has 5 nitrogen and oxygen atoms in total. The number of amides is 2. The molecule has 5 heteroatoms. The van der Waals surface area contributed by atoms with Gasteiger partial charge in [-0.3, -0.25) is 0 Å². The second kappa shape index (κ2) is 6.67. The number of carbonyl (C=O) groups excluding carboxylic acids is 1. The third-order valence-electron chi connectivity index (χ3n) is 5.08. The molecule has 2 aliphatic heterocycles. The van der Waals surface area contributed by atoms with Gasteiger partial charge >= 0.3 is 12.0 Å². The van der Waals surface area contributed by atoms with Gasteiger partial charge in [-0.2, -0.15) is 0 Å². The summed E-state index contributed by atoms with van der Waals surface area (Å²) in [6, 6.07) is 0.159. The molecule has 21 heavy (non-hydrogen) atoms. The number of nitrogens with zero attached hydrogens (tertiary/aromatic N) is 2. The van der Waals surface area contributed by atoms with Crippen LogP contribution in [0.4, 0.5) is 4.79 Å². The summed E-state index contributed by atoms with van der Waals surface area (Å²) in [7, 11) is 0. The van der Waals surface area contributed by atoms with E-state index in [0.717, 1.165) is 45.1 Å². The number of rotatable bonds is 3. The van der Waals surface area contributed by atoms with Gasteiger partial charge in [0.2, 0.25) is 0 Å². The maximum Gasteiger partial charge on any atom is 0.329 e. The van der Waals surface area contributed by atoms with E-state index in [0.29, 0.717) is 19.4 Å². The van der Waals surface area contributed by atoms with Crippen molar-refractivity contribution in [3.05, 3.63) is 0 Å². The normalized spacial score (nSPS) is 30.3. The summed E-state index contributed by atoms with van der Waals surface area (Å²) in [6.45, 7) is 5.41. The van der Waals surface area contributed by atoms with Gasteiger partial charge < -0.3 is 14.9 Å². The molecule has 2 atom stereocenters. The van der Waals surface area contributed by atoms with Gasteiger partial charge in [0.15, 0.2) is 0 Å². The van der Waals surface area contributed by atoms with Crippen molar-refractivity contribution >= 4 is 12.0 Å². The van der Waals surface area contributed by atoms with E-state index in [1.807, 2.05) is 11.8 Å². The fourth-order valence-electron chi connectivity index (χ4n) is 3.87. The Labute approximate surface area is 127 Å². The average Bonchev–Trinajstić information content (AvgIpc) is 2.75. The molecule has 1 N–H and O–H groups in total. The third kappa shape index (κ3) is 3.01. The van der Waals surface area contributed by atoms with E-state index >= 15 is 0 Å². The molecule has 2 unspecified atom stereocenters. The average molecular weight is 296 g/mol. The van der Waals surface area contributed by atoms with Gasteiger partial charge in [-0.05, 0) is 39.0 Å². The molecule has 2 fully saturated rings. The molecule has 120 valence electrons. The van der Waals surface area contributed by atoms with Crippen LogP contribution >= 0.6 is 0 Å². The van der Waals surface area contributed by atoms with Crippen molar-refractivity contribution in [3.63, 3.8) is 0 Å².